The topological polar surface area (TPSA) is 75.7 Å². The number of nitrogens with zero attached hydrogens (tertiary/aromatic N) is 1. The van der Waals surface area contributed by atoms with E-state index in [4.69, 9.17) is 27.9 Å². The average Bonchev–Trinajstić information content (AvgIpc) is 2.52. The van der Waals surface area contributed by atoms with Gasteiger partial charge in [0.2, 0.25) is 10.0 Å². The van der Waals surface area contributed by atoms with Crippen LogP contribution in [0, 0.1) is 5.92 Å². The first-order valence-electron chi connectivity index (χ1n) is 8.01. The van der Waals surface area contributed by atoms with Gasteiger partial charge in [-0.2, -0.15) is 0 Å². The fraction of sp³-hybridized carbons (Fsp3) is 0.562. The van der Waals surface area contributed by atoms with E-state index in [0.29, 0.717) is 19.7 Å². The predicted octanol–water partition coefficient (Wildman–Crippen LogP) is 2.79. The maximum absolute atomic E-state index is 12.8. The van der Waals surface area contributed by atoms with E-state index in [0.717, 1.165) is 0 Å². The number of carbonyl (C=O) groups excluding carboxylic acids is 1. The second-order valence-corrected chi connectivity index (χ2v) is 8.99. The van der Waals surface area contributed by atoms with Crippen LogP contribution in [0.25, 0.3) is 0 Å². The molecule has 0 aromatic heterocycles. The van der Waals surface area contributed by atoms with Gasteiger partial charge in [-0.15, -0.1) is 0 Å². The largest absolute Gasteiger partial charge is 0.375 e. The molecule has 0 bridgehead atoms. The number of sulfonamides is 1. The van der Waals surface area contributed by atoms with Gasteiger partial charge in [-0.25, -0.2) is 13.1 Å². The minimum Gasteiger partial charge on any atom is -0.375 e. The van der Waals surface area contributed by atoms with Gasteiger partial charge in [-0.05, 0) is 25.0 Å². The number of hydrogen-bond acceptors (Lipinski definition) is 4. The van der Waals surface area contributed by atoms with E-state index in [-0.39, 0.29) is 45.0 Å². The van der Waals surface area contributed by atoms with E-state index < -0.39 is 10.0 Å². The summed E-state index contributed by atoms with van der Waals surface area (Å²) >= 11 is 12.2. The van der Waals surface area contributed by atoms with Gasteiger partial charge in [0.15, 0.2) is 0 Å². The van der Waals surface area contributed by atoms with E-state index in [1.54, 1.807) is 4.90 Å². The molecular formula is C16H22Cl2N2O4S. The zero-order valence-corrected chi connectivity index (χ0v) is 16.7. The van der Waals surface area contributed by atoms with E-state index in [9.17, 15) is 13.2 Å². The van der Waals surface area contributed by atoms with Gasteiger partial charge >= 0.3 is 0 Å². The van der Waals surface area contributed by atoms with Crippen molar-refractivity contribution in [3.63, 3.8) is 0 Å². The first-order chi connectivity index (χ1) is 11.6. The number of morpholine rings is 1. The lowest BCUT2D eigenvalue weighted by atomic mass is 10.1. The van der Waals surface area contributed by atoms with Gasteiger partial charge in [-0.1, -0.05) is 37.0 Å². The molecule has 0 spiro atoms. The summed E-state index contributed by atoms with van der Waals surface area (Å²) in [5.41, 5.74) is 0.116. The Bertz CT molecular complexity index is 753. The van der Waals surface area contributed by atoms with Gasteiger partial charge < -0.3 is 9.64 Å². The highest BCUT2D eigenvalue weighted by molar-refractivity contribution is 7.89. The highest BCUT2D eigenvalue weighted by Crippen LogP contribution is 2.30. The molecular weight excluding hydrogens is 387 g/mol. The third kappa shape index (κ3) is 5.08. The molecule has 0 aliphatic carbocycles. The van der Waals surface area contributed by atoms with Crippen LogP contribution in [-0.4, -0.2) is 51.6 Å². The third-order valence-corrected chi connectivity index (χ3v) is 5.95. The van der Waals surface area contributed by atoms with Crippen molar-refractivity contribution in [1.82, 2.24) is 9.62 Å². The Kier molecular flexibility index (Phi) is 6.73. The number of nitrogens with one attached hydrogen (secondary N) is 1. The smallest absolute Gasteiger partial charge is 0.255 e. The van der Waals surface area contributed by atoms with Crippen molar-refractivity contribution in [3.8, 4) is 0 Å². The fourth-order valence-electron chi connectivity index (χ4n) is 2.43. The first kappa shape index (κ1) is 20.5. The molecule has 1 amide bonds. The maximum Gasteiger partial charge on any atom is 0.255 e. The second kappa shape index (κ2) is 8.22. The van der Waals surface area contributed by atoms with Crippen LogP contribution in [0.15, 0.2) is 17.0 Å². The molecule has 1 aromatic rings. The molecule has 25 heavy (non-hydrogen) atoms. The summed E-state index contributed by atoms with van der Waals surface area (Å²) in [6.07, 6.45) is -0.0836. The number of halogens is 2. The Morgan fingerprint density at radius 2 is 2.04 bits per heavy atom. The van der Waals surface area contributed by atoms with Crippen LogP contribution in [0.3, 0.4) is 0 Å². The summed E-state index contributed by atoms with van der Waals surface area (Å²) in [5, 5.41) is 0.102. The second-order valence-electron chi connectivity index (χ2n) is 6.44. The molecule has 6 nitrogen and oxygen atoms in total. The number of carbonyl (C=O) groups is 1. The zero-order chi connectivity index (χ0) is 18.8. The Labute approximate surface area is 158 Å². The first-order valence-corrected chi connectivity index (χ1v) is 10.3. The maximum atomic E-state index is 12.8. The molecule has 1 aliphatic heterocycles. The van der Waals surface area contributed by atoms with Crippen molar-refractivity contribution >= 4 is 39.1 Å². The van der Waals surface area contributed by atoms with Crippen LogP contribution in [0.4, 0.5) is 0 Å². The van der Waals surface area contributed by atoms with Crippen LogP contribution in [0.5, 0.6) is 0 Å². The lowest BCUT2D eigenvalue weighted by Gasteiger charge is -2.31. The molecule has 1 saturated heterocycles. The Morgan fingerprint density at radius 3 is 2.64 bits per heavy atom. The molecule has 1 atom stereocenters. The van der Waals surface area contributed by atoms with Crippen molar-refractivity contribution < 1.29 is 17.9 Å². The average molecular weight is 409 g/mol. The van der Waals surface area contributed by atoms with E-state index in [1.165, 1.54) is 12.1 Å². The predicted molar refractivity (Wildman–Crippen MR) is 97.8 cm³/mol. The summed E-state index contributed by atoms with van der Waals surface area (Å²) in [6, 6.07) is 2.54. The van der Waals surface area contributed by atoms with Crippen molar-refractivity contribution in [2.75, 3.05) is 26.2 Å². The molecule has 1 N–H and O–H groups in total. The fourth-order valence-corrected chi connectivity index (χ4v) is 4.49. The van der Waals surface area contributed by atoms with E-state index >= 15 is 0 Å². The highest BCUT2D eigenvalue weighted by atomic mass is 35.5. The lowest BCUT2D eigenvalue weighted by molar-refractivity contribution is -0.0124. The summed E-state index contributed by atoms with van der Waals surface area (Å²) < 4.78 is 32.9. The van der Waals surface area contributed by atoms with Gasteiger partial charge in [0.05, 0.1) is 28.3 Å². The Morgan fingerprint density at radius 1 is 1.36 bits per heavy atom. The van der Waals surface area contributed by atoms with Gasteiger partial charge in [0.1, 0.15) is 4.90 Å². The molecule has 0 saturated carbocycles. The van der Waals surface area contributed by atoms with E-state index in [2.05, 4.69) is 4.72 Å². The van der Waals surface area contributed by atoms with Gasteiger partial charge in [-0.3, -0.25) is 4.79 Å². The summed E-state index contributed by atoms with van der Waals surface area (Å²) in [6.45, 7) is 7.20. The molecule has 1 aliphatic rings. The molecule has 140 valence electrons. The van der Waals surface area contributed by atoms with E-state index in [1.807, 2.05) is 20.8 Å². The van der Waals surface area contributed by atoms with Gasteiger partial charge in [0, 0.05) is 19.6 Å². The quantitative estimate of drug-likeness (QED) is 0.812. The number of benzene rings is 1. The molecule has 0 radical (unpaired) electrons. The number of hydrogen-bond donors (Lipinski definition) is 1. The monoisotopic (exact) mass is 408 g/mol. The van der Waals surface area contributed by atoms with Crippen LogP contribution in [-0.2, 0) is 14.8 Å². The molecule has 1 unspecified atom stereocenters. The zero-order valence-electron chi connectivity index (χ0n) is 14.4. The minimum atomic E-state index is -3.84. The third-order valence-electron chi connectivity index (χ3n) is 3.75. The normalized spacial score (nSPS) is 18.6. The van der Waals surface area contributed by atoms with Crippen LogP contribution < -0.4 is 4.72 Å². The van der Waals surface area contributed by atoms with Crippen molar-refractivity contribution in [2.45, 2.75) is 31.8 Å². The van der Waals surface area contributed by atoms with Crippen molar-refractivity contribution in [3.05, 3.63) is 27.7 Å². The number of amides is 1. The van der Waals surface area contributed by atoms with Gasteiger partial charge in [0.25, 0.3) is 5.91 Å². The lowest BCUT2D eigenvalue weighted by Crippen LogP contribution is -2.44. The van der Waals surface area contributed by atoms with Crippen LogP contribution in [0.2, 0.25) is 10.0 Å². The Balaban J connectivity index is 2.35. The van der Waals surface area contributed by atoms with Crippen molar-refractivity contribution in [1.29, 1.82) is 0 Å². The number of rotatable bonds is 5. The summed E-state index contributed by atoms with van der Waals surface area (Å²) in [4.78, 5) is 14.2. The molecule has 1 heterocycles. The minimum absolute atomic E-state index is 0.0202. The highest BCUT2D eigenvalue weighted by Gasteiger charge is 2.27. The van der Waals surface area contributed by atoms with Crippen LogP contribution >= 0.6 is 23.2 Å². The SMILES string of the molecule is CC(C)CNS(=O)(=O)c1cc(C(=O)N2CCOC(C)C2)c(Cl)cc1Cl. The Hall–Kier alpha value is -0.860. The standard InChI is InChI=1S/C16H22Cl2N2O4S/c1-10(2)8-19-25(22,23)15-6-12(13(17)7-14(15)18)16(21)20-4-5-24-11(3)9-20/h6-7,10-11,19H,4-5,8-9H2,1-3H3. The molecule has 9 heteroatoms. The summed E-state index contributed by atoms with van der Waals surface area (Å²) in [5.74, 6) is -0.200. The molecule has 1 fully saturated rings. The molecule has 1 aromatic carbocycles. The van der Waals surface area contributed by atoms with Crippen LogP contribution in [0.1, 0.15) is 31.1 Å². The number of ether oxygens (including phenoxy) is 1. The van der Waals surface area contributed by atoms with Crippen molar-refractivity contribution in [2.24, 2.45) is 5.92 Å². The summed E-state index contributed by atoms with van der Waals surface area (Å²) in [7, 11) is -3.84. The molecule has 2 rings (SSSR count).